The lowest BCUT2D eigenvalue weighted by Crippen LogP contribution is -2.48. The minimum Gasteiger partial charge on any atom is -0.395 e. The first-order valence-corrected chi connectivity index (χ1v) is 7.71. The van der Waals surface area contributed by atoms with Crippen LogP contribution in [-0.2, 0) is 16.6 Å². The number of aliphatic hydroxyl groups excluding tert-OH is 1. The van der Waals surface area contributed by atoms with Crippen LogP contribution in [0.3, 0.4) is 0 Å². The van der Waals surface area contributed by atoms with Gasteiger partial charge in [-0.25, -0.2) is 0 Å². The van der Waals surface area contributed by atoms with Gasteiger partial charge in [-0.3, -0.25) is 0 Å². The molecule has 108 valence electrons. The molecule has 5 nitrogen and oxygen atoms in total. The number of rotatable bonds is 7. The Kier molecular flexibility index (Phi) is 5.93. The molecule has 0 fully saturated rings. The van der Waals surface area contributed by atoms with Crippen molar-refractivity contribution in [2.45, 2.75) is 32.4 Å². The highest BCUT2D eigenvalue weighted by molar-refractivity contribution is 7.87. The zero-order chi connectivity index (χ0) is 14.5. The van der Waals surface area contributed by atoms with E-state index < -0.39 is 16.3 Å². The summed E-state index contributed by atoms with van der Waals surface area (Å²) in [6, 6.07) is 8.83. The van der Waals surface area contributed by atoms with E-state index in [1.54, 1.807) is 13.8 Å². The summed E-state index contributed by atoms with van der Waals surface area (Å²) in [6.45, 7) is 3.36. The van der Waals surface area contributed by atoms with E-state index in [0.29, 0.717) is 6.42 Å². The van der Waals surface area contributed by atoms with E-state index in [4.69, 9.17) is 0 Å². The Morgan fingerprint density at radius 3 is 2.32 bits per heavy atom. The average Bonchev–Trinajstić information content (AvgIpc) is 2.37. The molecule has 2 N–H and O–H groups in total. The fourth-order valence-electron chi connectivity index (χ4n) is 1.61. The lowest BCUT2D eigenvalue weighted by molar-refractivity contribution is 0.253. The van der Waals surface area contributed by atoms with Gasteiger partial charge in [-0.1, -0.05) is 30.3 Å². The van der Waals surface area contributed by atoms with E-state index >= 15 is 0 Å². The number of hydrogen-bond acceptors (Lipinski definition) is 3. The van der Waals surface area contributed by atoms with Crippen molar-refractivity contribution in [3.63, 3.8) is 0 Å². The first kappa shape index (κ1) is 16.1. The normalized spacial score (nSPS) is 14.0. The Bertz CT molecular complexity index is 474. The van der Waals surface area contributed by atoms with Crippen LogP contribution in [0.2, 0.25) is 0 Å². The maximum Gasteiger partial charge on any atom is 0.279 e. The Labute approximate surface area is 115 Å². The highest BCUT2D eigenvalue weighted by atomic mass is 32.2. The van der Waals surface area contributed by atoms with Crippen LogP contribution in [0, 0.1) is 0 Å². The minimum absolute atomic E-state index is 0.131. The first-order valence-electron chi connectivity index (χ1n) is 6.27. The largest absolute Gasteiger partial charge is 0.395 e. The smallest absolute Gasteiger partial charge is 0.279 e. The Morgan fingerprint density at radius 1 is 1.26 bits per heavy atom. The molecular weight excluding hydrogens is 264 g/mol. The molecule has 1 aromatic rings. The van der Waals surface area contributed by atoms with Gasteiger partial charge in [0, 0.05) is 13.1 Å². The Hall–Kier alpha value is -0.950. The topological polar surface area (TPSA) is 69.6 Å². The highest BCUT2D eigenvalue weighted by Gasteiger charge is 2.24. The monoisotopic (exact) mass is 286 g/mol. The molecule has 0 bridgehead atoms. The van der Waals surface area contributed by atoms with Crippen molar-refractivity contribution in [1.29, 1.82) is 0 Å². The molecule has 0 radical (unpaired) electrons. The van der Waals surface area contributed by atoms with Crippen molar-refractivity contribution in [3.05, 3.63) is 35.9 Å². The van der Waals surface area contributed by atoms with Gasteiger partial charge in [0.1, 0.15) is 0 Å². The molecule has 1 atom stereocenters. The number of nitrogens with one attached hydrogen (secondary N) is 1. The second-order valence-corrected chi connectivity index (χ2v) is 6.56. The van der Waals surface area contributed by atoms with Gasteiger partial charge in [0.15, 0.2) is 0 Å². The lowest BCUT2D eigenvalue weighted by Gasteiger charge is -2.24. The maximum atomic E-state index is 12.0. The van der Waals surface area contributed by atoms with Crippen molar-refractivity contribution in [1.82, 2.24) is 9.03 Å². The van der Waals surface area contributed by atoms with Gasteiger partial charge in [0.2, 0.25) is 0 Å². The third kappa shape index (κ3) is 4.91. The molecule has 0 aliphatic rings. The first-order chi connectivity index (χ1) is 8.86. The Balaban J connectivity index is 2.72. The molecule has 0 amide bonds. The van der Waals surface area contributed by atoms with E-state index in [1.165, 1.54) is 11.4 Å². The van der Waals surface area contributed by atoms with E-state index in [-0.39, 0.29) is 12.6 Å². The van der Waals surface area contributed by atoms with Gasteiger partial charge >= 0.3 is 0 Å². The minimum atomic E-state index is -3.57. The zero-order valence-electron chi connectivity index (χ0n) is 11.6. The van der Waals surface area contributed by atoms with Crippen LogP contribution in [0.4, 0.5) is 0 Å². The third-order valence-electron chi connectivity index (χ3n) is 2.97. The fraction of sp³-hybridized carbons (Fsp3) is 0.538. The molecule has 0 heterocycles. The quantitative estimate of drug-likeness (QED) is 0.777. The molecular formula is C13H22N2O3S. The molecule has 1 aromatic carbocycles. The van der Waals surface area contributed by atoms with E-state index in [2.05, 4.69) is 4.72 Å². The van der Waals surface area contributed by atoms with Crippen LogP contribution in [0.5, 0.6) is 0 Å². The SMILES string of the molecule is CC(C)N(C)S(=O)(=O)N[C@@H](CO)Cc1ccccc1. The molecule has 0 saturated carbocycles. The third-order valence-corrected chi connectivity index (χ3v) is 4.78. The predicted molar refractivity (Wildman–Crippen MR) is 76.0 cm³/mol. The van der Waals surface area contributed by atoms with Crippen molar-refractivity contribution in [3.8, 4) is 0 Å². The average molecular weight is 286 g/mol. The standard InChI is InChI=1S/C13H22N2O3S/c1-11(2)15(3)19(17,18)14-13(10-16)9-12-7-5-4-6-8-12/h4-8,11,13-14,16H,9-10H2,1-3H3/t13-/m1/s1. The fourth-order valence-corrected chi connectivity index (χ4v) is 2.91. The summed E-state index contributed by atoms with van der Waals surface area (Å²) in [6.07, 6.45) is 0.461. The molecule has 0 aliphatic carbocycles. The second kappa shape index (κ2) is 7.00. The number of nitrogens with zero attached hydrogens (tertiary/aromatic N) is 1. The van der Waals surface area contributed by atoms with Crippen LogP contribution >= 0.6 is 0 Å². The number of benzene rings is 1. The summed E-state index contributed by atoms with van der Waals surface area (Å²) in [7, 11) is -2.05. The molecule has 6 heteroatoms. The van der Waals surface area contributed by atoms with Gasteiger partial charge in [-0.2, -0.15) is 17.4 Å². The molecule has 0 spiro atoms. The maximum absolute atomic E-state index is 12.0. The summed E-state index contributed by atoms with van der Waals surface area (Å²) >= 11 is 0. The van der Waals surface area contributed by atoms with Gasteiger partial charge in [-0.15, -0.1) is 0 Å². The summed E-state index contributed by atoms with van der Waals surface area (Å²) in [5, 5.41) is 9.33. The zero-order valence-corrected chi connectivity index (χ0v) is 12.4. The van der Waals surface area contributed by atoms with Crippen LogP contribution in [-0.4, -0.2) is 43.6 Å². The van der Waals surface area contributed by atoms with Crippen molar-refractivity contribution >= 4 is 10.2 Å². The summed E-state index contributed by atoms with van der Waals surface area (Å²) < 4.78 is 27.8. The van der Waals surface area contributed by atoms with Crippen LogP contribution in [0.25, 0.3) is 0 Å². The van der Waals surface area contributed by atoms with Crippen molar-refractivity contribution in [2.75, 3.05) is 13.7 Å². The Morgan fingerprint density at radius 2 is 1.84 bits per heavy atom. The van der Waals surface area contributed by atoms with Gasteiger partial charge in [0.05, 0.1) is 12.6 Å². The van der Waals surface area contributed by atoms with Crippen molar-refractivity contribution < 1.29 is 13.5 Å². The summed E-state index contributed by atoms with van der Waals surface area (Å²) in [4.78, 5) is 0. The van der Waals surface area contributed by atoms with Crippen LogP contribution in [0.15, 0.2) is 30.3 Å². The molecule has 0 saturated heterocycles. The molecule has 19 heavy (non-hydrogen) atoms. The molecule has 1 rings (SSSR count). The summed E-state index contributed by atoms with van der Waals surface area (Å²) in [5.74, 6) is 0. The second-order valence-electron chi connectivity index (χ2n) is 4.80. The van der Waals surface area contributed by atoms with Gasteiger partial charge in [-0.05, 0) is 25.8 Å². The molecule has 0 aliphatic heterocycles. The van der Waals surface area contributed by atoms with E-state index in [0.717, 1.165) is 5.56 Å². The highest BCUT2D eigenvalue weighted by Crippen LogP contribution is 2.06. The number of hydrogen-bond donors (Lipinski definition) is 2. The lowest BCUT2D eigenvalue weighted by atomic mass is 10.1. The summed E-state index contributed by atoms with van der Waals surface area (Å²) in [5.41, 5.74) is 0.983. The molecule has 0 aromatic heterocycles. The van der Waals surface area contributed by atoms with Crippen LogP contribution < -0.4 is 4.72 Å². The predicted octanol–water partition coefficient (Wildman–Crippen LogP) is 0.765. The van der Waals surface area contributed by atoms with Crippen molar-refractivity contribution in [2.24, 2.45) is 0 Å². The van der Waals surface area contributed by atoms with E-state index in [9.17, 15) is 13.5 Å². The van der Waals surface area contributed by atoms with Gasteiger partial charge < -0.3 is 5.11 Å². The van der Waals surface area contributed by atoms with Crippen LogP contribution in [0.1, 0.15) is 19.4 Å². The van der Waals surface area contributed by atoms with Gasteiger partial charge in [0.25, 0.3) is 10.2 Å². The molecule has 0 unspecified atom stereocenters. The number of aliphatic hydroxyl groups is 1. The van der Waals surface area contributed by atoms with E-state index in [1.807, 2.05) is 30.3 Å².